The number of amides is 1. The van der Waals surface area contributed by atoms with Crippen LogP contribution >= 0.6 is 23.4 Å². The Bertz CT molecular complexity index is 1040. The van der Waals surface area contributed by atoms with Crippen molar-refractivity contribution < 1.29 is 9.53 Å². The Labute approximate surface area is 245 Å². The molecule has 1 aliphatic heterocycles. The zero-order valence-electron chi connectivity index (χ0n) is 24.0. The summed E-state index contributed by atoms with van der Waals surface area (Å²) in [6.45, 7) is 5.85. The Balaban J connectivity index is 1.32. The zero-order chi connectivity index (χ0) is 27.7. The molecule has 4 nitrogen and oxygen atoms in total. The number of benzene rings is 2. The molecule has 0 aliphatic carbocycles. The van der Waals surface area contributed by atoms with Crippen molar-refractivity contribution in [2.75, 3.05) is 17.8 Å². The molecule has 0 bridgehead atoms. The van der Waals surface area contributed by atoms with Crippen molar-refractivity contribution >= 4 is 35.0 Å². The number of halogens is 1. The second-order valence-corrected chi connectivity index (χ2v) is 11.9. The number of carbonyl (C=O) groups is 1. The van der Waals surface area contributed by atoms with Crippen LogP contribution in [0.1, 0.15) is 102 Å². The molecule has 6 heteroatoms. The molecule has 0 aromatic heterocycles. The van der Waals surface area contributed by atoms with E-state index in [-0.39, 0.29) is 12.3 Å². The van der Waals surface area contributed by atoms with Gasteiger partial charge in [-0.05, 0) is 48.1 Å². The average molecular weight is 571 g/mol. The summed E-state index contributed by atoms with van der Waals surface area (Å²) in [4.78, 5) is 15.1. The van der Waals surface area contributed by atoms with Gasteiger partial charge in [0.05, 0.1) is 23.9 Å². The molecule has 0 atom stereocenters. The van der Waals surface area contributed by atoms with E-state index in [4.69, 9.17) is 16.3 Å². The molecule has 0 unspecified atom stereocenters. The van der Waals surface area contributed by atoms with Crippen molar-refractivity contribution in [3.05, 3.63) is 69.7 Å². The third-order valence-electron chi connectivity index (χ3n) is 7.25. The molecule has 2 aromatic rings. The highest BCUT2D eigenvalue weighted by molar-refractivity contribution is 8.02. The van der Waals surface area contributed by atoms with Crippen LogP contribution in [0.2, 0.25) is 5.02 Å². The number of thioether (sulfide) groups is 1. The molecule has 1 heterocycles. The van der Waals surface area contributed by atoms with E-state index in [2.05, 4.69) is 35.5 Å². The summed E-state index contributed by atoms with van der Waals surface area (Å²) in [6, 6.07) is 13.7. The molecule has 0 saturated carbocycles. The number of hydrogen-bond donors (Lipinski definition) is 1. The molecule has 1 N–H and O–H groups in total. The SMILES string of the molecule is CCCCCCCCCCCCCCOc1ccc(CC(=O)Nc2ccccc2CN2CSC=C2C)cc1Cl. The van der Waals surface area contributed by atoms with E-state index in [1.807, 2.05) is 36.4 Å². The van der Waals surface area contributed by atoms with Crippen LogP contribution in [0.4, 0.5) is 5.69 Å². The van der Waals surface area contributed by atoms with Crippen LogP contribution < -0.4 is 10.1 Å². The van der Waals surface area contributed by atoms with Crippen molar-refractivity contribution in [1.82, 2.24) is 4.90 Å². The maximum Gasteiger partial charge on any atom is 0.228 e. The van der Waals surface area contributed by atoms with Gasteiger partial charge in [0.25, 0.3) is 0 Å². The minimum absolute atomic E-state index is 0.0493. The van der Waals surface area contributed by atoms with E-state index in [0.29, 0.717) is 17.4 Å². The summed E-state index contributed by atoms with van der Waals surface area (Å²) in [5.74, 6) is 1.59. The maximum absolute atomic E-state index is 12.8. The molecular weight excluding hydrogens is 524 g/mol. The number of allylic oxidation sites excluding steroid dienone is 1. The van der Waals surface area contributed by atoms with Crippen LogP contribution in [0.3, 0.4) is 0 Å². The van der Waals surface area contributed by atoms with Gasteiger partial charge in [0.1, 0.15) is 5.75 Å². The summed E-state index contributed by atoms with van der Waals surface area (Å²) in [7, 11) is 0. The van der Waals surface area contributed by atoms with Gasteiger partial charge < -0.3 is 15.0 Å². The molecule has 214 valence electrons. The molecule has 1 aliphatic rings. The number of ether oxygens (including phenoxy) is 1. The largest absolute Gasteiger partial charge is 0.492 e. The molecule has 0 fully saturated rings. The second-order valence-electron chi connectivity index (χ2n) is 10.6. The number of anilines is 1. The fraction of sp³-hybridized carbons (Fsp3) is 0.545. The van der Waals surface area contributed by atoms with Crippen LogP contribution in [-0.2, 0) is 17.8 Å². The predicted molar refractivity (Wildman–Crippen MR) is 169 cm³/mol. The lowest BCUT2D eigenvalue weighted by Gasteiger charge is -2.21. The van der Waals surface area contributed by atoms with Crippen molar-refractivity contribution in [2.24, 2.45) is 0 Å². The highest BCUT2D eigenvalue weighted by Crippen LogP contribution is 2.28. The normalized spacial score (nSPS) is 13.0. The Kier molecular flexibility index (Phi) is 14.7. The summed E-state index contributed by atoms with van der Waals surface area (Å²) >= 11 is 8.29. The van der Waals surface area contributed by atoms with Gasteiger partial charge in [-0.25, -0.2) is 0 Å². The average Bonchev–Trinajstić information content (AvgIpc) is 3.33. The van der Waals surface area contributed by atoms with Gasteiger partial charge in [0.2, 0.25) is 5.91 Å². The maximum atomic E-state index is 12.8. The molecule has 1 amide bonds. The third-order valence-corrected chi connectivity index (χ3v) is 8.52. The Morgan fingerprint density at radius 3 is 2.26 bits per heavy atom. The van der Waals surface area contributed by atoms with Crippen LogP contribution in [0.15, 0.2) is 53.6 Å². The standard InChI is InChI=1S/C33H47ClN2O2S/c1-3-4-5-6-7-8-9-10-11-12-13-16-21-38-32-20-19-28(22-30(32)34)23-33(37)35-31-18-15-14-17-29(31)24-36-26-39-25-27(36)2/h14-15,17-20,22,25H,3-13,16,21,23-24,26H2,1-2H3,(H,35,37). The van der Waals surface area contributed by atoms with Crippen LogP contribution in [-0.4, -0.2) is 23.3 Å². The fourth-order valence-electron chi connectivity index (χ4n) is 4.86. The van der Waals surface area contributed by atoms with Gasteiger partial charge in [-0.1, -0.05) is 113 Å². The first kappa shape index (κ1) is 31.4. The van der Waals surface area contributed by atoms with Gasteiger partial charge >= 0.3 is 0 Å². The number of carbonyl (C=O) groups excluding carboxylic acids is 1. The molecule has 0 spiro atoms. The van der Waals surface area contributed by atoms with E-state index in [1.54, 1.807) is 11.8 Å². The number of rotatable bonds is 19. The molecule has 3 rings (SSSR count). The van der Waals surface area contributed by atoms with Crippen molar-refractivity contribution in [3.63, 3.8) is 0 Å². The Morgan fingerprint density at radius 1 is 0.949 bits per heavy atom. The lowest BCUT2D eigenvalue weighted by atomic mass is 10.1. The van der Waals surface area contributed by atoms with Crippen molar-refractivity contribution in [3.8, 4) is 5.75 Å². The van der Waals surface area contributed by atoms with E-state index in [1.165, 1.54) is 76.3 Å². The van der Waals surface area contributed by atoms with Crippen molar-refractivity contribution in [2.45, 2.75) is 104 Å². The van der Waals surface area contributed by atoms with Crippen LogP contribution in [0.5, 0.6) is 5.75 Å². The number of hydrogen-bond acceptors (Lipinski definition) is 4. The number of unbranched alkanes of at least 4 members (excludes halogenated alkanes) is 11. The van der Waals surface area contributed by atoms with E-state index < -0.39 is 0 Å². The van der Waals surface area contributed by atoms with E-state index in [9.17, 15) is 4.79 Å². The predicted octanol–water partition coefficient (Wildman–Crippen LogP) is 9.97. The fourth-order valence-corrected chi connectivity index (χ4v) is 6.05. The lowest BCUT2D eigenvalue weighted by molar-refractivity contribution is -0.115. The highest BCUT2D eigenvalue weighted by Gasteiger charge is 2.15. The zero-order valence-corrected chi connectivity index (χ0v) is 25.6. The van der Waals surface area contributed by atoms with Gasteiger partial charge in [0.15, 0.2) is 0 Å². The van der Waals surface area contributed by atoms with Crippen LogP contribution in [0, 0.1) is 0 Å². The van der Waals surface area contributed by atoms with Gasteiger partial charge in [-0.15, -0.1) is 11.8 Å². The Hall–Kier alpha value is -2.11. The number of nitrogens with zero attached hydrogens (tertiary/aromatic N) is 1. The van der Waals surface area contributed by atoms with E-state index in [0.717, 1.165) is 35.7 Å². The van der Waals surface area contributed by atoms with Crippen molar-refractivity contribution in [1.29, 1.82) is 0 Å². The number of nitrogens with one attached hydrogen (secondary N) is 1. The van der Waals surface area contributed by atoms with Gasteiger partial charge in [0, 0.05) is 17.9 Å². The molecule has 39 heavy (non-hydrogen) atoms. The minimum atomic E-state index is -0.0493. The first-order valence-electron chi connectivity index (χ1n) is 14.9. The van der Waals surface area contributed by atoms with Crippen LogP contribution in [0.25, 0.3) is 0 Å². The summed E-state index contributed by atoms with van der Waals surface area (Å²) < 4.78 is 5.93. The monoisotopic (exact) mass is 570 g/mol. The molecule has 0 radical (unpaired) electrons. The smallest absolute Gasteiger partial charge is 0.228 e. The minimum Gasteiger partial charge on any atom is -0.492 e. The topological polar surface area (TPSA) is 41.6 Å². The number of para-hydroxylation sites is 1. The second kappa shape index (κ2) is 18.3. The Morgan fingerprint density at radius 2 is 1.62 bits per heavy atom. The first-order valence-corrected chi connectivity index (χ1v) is 16.3. The molecule has 2 aromatic carbocycles. The first-order chi connectivity index (χ1) is 19.1. The summed E-state index contributed by atoms with van der Waals surface area (Å²) in [5.41, 5.74) is 4.11. The molecular formula is C33H47ClN2O2S. The van der Waals surface area contributed by atoms with Gasteiger partial charge in [-0.3, -0.25) is 4.79 Å². The highest BCUT2D eigenvalue weighted by atomic mass is 35.5. The quantitative estimate of drug-likeness (QED) is 0.171. The third kappa shape index (κ3) is 11.9. The lowest BCUT2D eigenvalue weighted by Crippen LogP contribution is -2.20. The molecule has 0 saturated heterocycles. The summed E-state index contributed by atoms with van der Waals surface area (Å²) in [5, 5.41) is 5.84. The van der Waals surface area contributed by atoms with E-state index >= 15 is 0 Å². The van der Waals surface area contributed by atoms with Gasteiger partial charge in [-0.2, -0.15) is 0 Å². The summed E-state index contributed by atoms with van der Waals surface area (Å²) in [6.07, 6.45) is 16.2.